The fourth-order valence-electron chi connectivity index (χ4n) is 1.40. The van der Waals surface area contributed by atoms with Crippen LogP contribution in [0.15, 0.2) is 18.2 Å². The van der Waals surface area contributed by atoms with Crippen molar-refractivity contribution in [3.05, 3.63) is 34.1 Å². The maximum absolute atomic E-state index is 13.4. The molecule has 1 aromatic rings. The van der Waals surface area contributed by atoms with Crippen LogP contribution in [0, 0.1) is 27.3 Å². The van der Waals surface area contributed by atoms with Crippen LogP contribution in [0.2, 0.25) is 0 Å². The normalized spacial score (nSPS) is 13.4. The topological polar surface area (TPSA) is 102 Å². The van der Waals surface area contributed by atoms with E-state index >= 15 is 0 Å². The maximum Gasteiger partial charge on any atom is 0.272 e. The number of halogens is 1. The summed E-state index contributed by atoms with van der Waals surface area (Å²) in [5.41, 5.74) is 4.35. The van der Waals surface area contributed by atoms with Gasteiger partial charge in [0.2, 0.25) is 0 Å². The summed E-state index contributed by atoms with van der Waals surface area (Å²) in [4.78, 5) is 9.74. The van der Waals surface area contributed by atoms with Crippen molar-refractivity contribution in [2.45, 2.75) is 25.3 Å². The van der Waals surface area contributed by atoms with Gasteiger partial charge in [-0.15, -0.1) is 0 Å². The fraction of sp³-hybridized carbons (Fsp3) is 0.417. The lowest BCUT2D eigenvalue weighted by molar-refractivity contribution is -0.385. The van der Waals surface area contributed by atoms with Crippen molar-refractivity contribution in [3.63, 3.8) is 0 Å². The van der Waals surface area contributed by atoms with Crippen LogP contribution in [-0.4, -0.2) is 17.1 Å². The Bertz CT molecular complexity index is 511. The van der Waals surface area contributed by atoms with Crippen molar-refractivity contribution in [1.29, 1.82) is 5.26 Å². The van der Waals surface area contributed by atoms with E-state index in [-0.39, 0.29) is 18.0 Å². The number of nitrogens with two attached hydrogens (primary N) is 1. The van der Waals surface area contributed by atoms with Crippen molar-refractivity contribution in [2.24, 2.45) is 5.73 Å². The highest BCUT2D eigenvalue weighted by Gasteiger charge is 2.17. The highest BCUT2D eigenvalue weighted by atomic mass is 19.1. The van der Waals surface area contributed by atoms with E-state index in [1.54, 1.807) is 6.92 Å². The second kappa shape index (κ2) is 6.11. The molecule has 2 N–H and O–H groups in total. The van der Waals surface area contributed by atoms with E-state index in [1.165, 1.54) is 12.1 Å². The molecule has 0 aliphatic heterocycles. The molecular formula is C12H14FN3O3. The van der Waals surface area contributed by atoms with Gasteiger partial charge in [0.25, 0.3) is 5.69 Å². The SMILES string of the molecule is CC(N)(C#N)CCCOc1ccc([N+](=O)[O-])cc1F. The molecule has 7 heteroatoms. The Labute approximate surface area is 109 Å². The van der Waals surface area contributed by atoms with Crippen LogP contribution >= 0.6 is 0 Å². The summed E-state index contributed by atoms with van der Waals surface area (Å²) in [7, 11) is 0. The highest BCUT2D eigenvalue weighted by Crippen LogP contribution is 2.22. The van der Waals surface area contributed by atoms with Gasteiger partial charge in [-0.05, 0) is 25.8 Å². The first-order valence-electron chi connectivity index (χ1n) is 5.62. The molecule has 0 bridgehead atoms. The third-order valence-corrected chi connectivity index (χ3v) is 2.48. The summed E-state index contributed by atoms with van der Waals surface area (Å²) in [6.07, 6.45) is 0.898. The summed E-state index contributed by atoms with van der Waals surface area (Å²) in [5, 5.41) is 19.1. The van der Waals surface area contributed by atoms with E-state index in [4.69, 9.17) is 15.7 Å². The number of rotatable bonds is 6. The Balaban J connectivity index is 2.51. The zero-order valence-electron chi connectivity index (χ0n) is 10.4. The molecule has 1 rings (SSSR count). The average Bonchev–Trinajstić information content (AvgIpc) is 2.36. The van der Waals surface area contributed by atoms with Gasteiger partial charge in [0.05, 0.1) is 23.7 Å². The van der Waals surface area contributed by atoms with Crippen molar-refractivity contribution in [3.8, 4) is 11.8 Å². The molecule has 0 heterocycles. The molecule has 1 unspecified atom stereocenters. The van der Waals surface area contributed by atoms with E-state index in [1.807, 2.05) is 6.07 Å². The largest absolute Gasteiger partial charge is 0.491 e. The minimum absolute atomic E-state index is 0.0544. The summed E-state index contributed by atoms with van der Waals surface area (Å²) >= 11 is 0. The van der Waals surface area contributed by atoms with Gasteiger partial charge in [0.15, 0.2) is 11.6 Å². The first-order valence-corrected chi connectivity index (χ1v) is 5.62. The molecule has 0 aromatic heterocycles. The Hall–Kier alpha value is -2.20. The molecule has 1 aromatic carbocycles. The smallest absolute Gasteiger partial charge is 0.272 e. The minimum Gasteiger partial charge on any atom is -0.491 e. The van der Waals surface area contributed by atoms with E-state index in [0.717, 1.165) is 6.07 Å². The Kier molecular flexibility index (Phi) is 4.78. The second-order valence-corrected chi connectivity index (χ2v) is 4.35. The quantitative estimate of drug-likeness (QED) is 0.483. The van der Waals surface area contributed by atoms with Crippen LogP contribution < -0.4 is 10.5 Å². The van der Waals surface area contributed by atoms with Gasteiger partial charge in [-0.25, -0.2) is 4.39 Å². The van der Waals surface area contributed by atoms with Crippen LogP contribution in [0.3, 0.4) is 0 Å². The monoisotopic (exact) mass is 267 g/mol. The van der Waals surface area contributed by atoms with Gasteiger partial charge in [-0.2, -0.15) is 5.26 Å². The fourth-order valence-corrected chi connectivity index (χ4v) is 1.40. The van der Waals surface area contributed by atoms with Crippen LogP contribution in [0.5, 0.6) is 5.75 Å². The number of ether oxygens (including phenoxy) is 1. The molecule has 0 aliphatic carbocycles. The molecule has 0 fully saturated rings. The van der Waals surface area contributed by atoms with Gasteiger partial charge < -0.3 is 10.5 Å². The zero-order valence-corrected chi connectivity index (χ0v) is 10.4. The zero-order chi connectivity index (χ0) is 14.5. The predicted octanol–water partition coefficient (Wildman–Crippen LogP) is 2.13. The molecule has 0 radical (unpaired) electrons. The van der Waals surface area contributed by atoms with Crippen molar-refractivity contribution in [1.82, 2.24) is 0 Å². The van der Waals surface area contributed by atoms with E-state index in [9.17, 15) is 14.5 Å². The number of hydrogen-bond donors (Lipinski definition) is 1. The lowest BCUT2D eigenvalue weighted by Crippen LogP contribution is -2.34. The van der Waals surface area contributed by atoms with Gasteiger partial charge in [0.1, 0.15) is 5.54 Å². The minimum atomic E-state index is -0.933. The van der Waals surface area contributed by atoms with Gasteiger partial charge in [0, 0.05) is 6.07 Å². The van der Waals surface area contributed by atoms with E-state index in [2.05, 4.69) is 0 Å². The Morgan fingerprint density at radius 3 is 2.84 bits per heavy atom. The summed E-state index contributed by atoms with van der Waals surface area (Å²) in [6, 6.07) is 5.12. The summed E-state index contributed by atoms with van der Waals surface area (Å²) < 4.78 is 18.6. The number of hydrogen-bond acceptors (Lipinski definition) is 5. The van der Waals surface area contributed by atoms with E-state index in [0.29, 0.717) is 12.8 Å². The van der Waals surface area contributed by atoms with E-state index < -0.39 is 16.3 Å². The standard InChI is InChI=1S/C12H14FN3O3/c1-12(15,8-14)5-2-6-19-11-4-3-9(16(17)18)7-10(11)13/h3-4,7H,2,5-6,15H2,1H3. The Morgan fingerprint density at radius 2 is 2.32 bits per heavy atom. The third-order valence-electron chi connectivity index (χ3n) is 2.48. The average molecular weight is 267 g/mol. The maximum atomic E-state index is 13.4. The number of nitro groups is 1. The number of non-ortho nitro benzene ring substituents is 1. The van der Waals surface area contributed by atoms with Crippen molar-refractivity contribution < 1.29 is 14.1 Å². The van der Waals surface area contributed by atoms with Crippen LogP contribution in [0.25, 0.3) is 0 Å². The highest BCUT2D eigenvalue weighted by molar-refractivity contribution is 5.37. The van der Waals surface area contributed by atoms with Crippen molar-refractivity contribution >= 4 is 5.69 Å². The predicted molar refractivity (Wildman–Crippen MR) is 66.0 cm³/mol. The van der Waals surface area contributed by atoms with Gasteiger partial charge >= 0.3 is 0 Å². The second-order valence-electron chi connectivity index (χ2n) is 4.35. The molecule has 1 atom stereocenters. The van der Waals surface area contributed by atoms with Crippen molar-refractivity contribution in [2.75, 3.05) is 6.61 Å². The first-order chi connectivity index (χ1) is 8.85. The summed E-state index contributed by atoms with van der Waals surface area (Å²) in [5.74, 6) is -0.841. The third kappa shape index (κ3) is 4.52. The molecular weight excluding hydrogens is 253 g/mol. The van der Waals surface area contributed by atoms with Crippen LogP contribution in [0.1, 0.15) is 19.8 Å². The molecule has 0 aliphatic rings. The van der Waals surface area contributed by atoms with Crippen LogP contribution in [0.4, 0.5) is 10.1 Å². The lowest BCUT2D eigenvalue weighted by atomic mass is 10.00. The molecule has 0 saturated carbocycles. The summed E-state index contributed by atoms with van der Waals surface area (Å²) in [6.45, 7) is 1.78. The number of nitrogens with zero attached hydrogens (tertiary/aromatic N) is 2. The molecule has 0 saturated heterocycles. The van der Waals surface area contributed by atoms with Gasteiger partial charge in [-0.1, -0.05) is 0 Å². The molecule has 6 nitrogen and oxygen atoms in total. The first kappa shape index (κ1) is 14.9. The van der Waals surface area contributed by atoms with Crippen LogP contribution in [-0.2, 0) is 0 Å². The number of nitriles is 1. The van der Waals surface area contributed by atoms with Gasteiger partial charge in [-0.3, -0.25) is 10.1 Å². The molecule has 102 valence electrons. The Morgan fingerprint density at radius 1 is 1.63 bits per heavy atom. The molecule has 0 amide bonds. The lowest BCUT2D eigenvalue weighted by Gasteiger charge is -2.15. The molecule has 0 spiro atoms. The molecule has 19 heavy (non-hydrogen) atoms. The number of benzene rings is 1. The number of nitro benzene ring substituents is 1.